The van der Waals surface area contributed by atoms with Crippen LogP contribution in [0.15, 0.2) is 30.3 Å². The Morgan fingerprint density at radius 2 is 1.76 bits per heavy atom. The lowest BCUT2D eigenvalue weighted by molar-refractivity contribution is -0.117. The van der Waals surface area contributed by atoms with Crippen LogP contribution in [0, 0.1) is 5.92 Å². The summed E-state index contributed by atoms with van der Waals surface area (Å²) in [5.74, 6) is 0.479. The van der Waals surface area contributed by atoms with Gasteiger partial charge in [0.25, 0.3) is 0 Å². The van der Waals surface area contributed by atoms with Crippen molar-refractivity contribution >= 4 is 27.5 Å². The van der Waals surface area contributed by atoms with Crippen LogP contribution in [-0.2, 0) is 4.79 Å². The number of hydrogen-bond acceptors (Lipinski definition) is 6. The Morgan fingerprint density at radius 1 is 1.00 bits per heavy atom. The highest BCUT2D eigenvalue weighted by Crippen LogP contribution is 2.48. The predicted molar refractivity (Wildman–Crippen MR) is 116 cm³/mol. The fourth-order valence-corrected chi connectivity index (χ4v) is 5.65. The molecule has 1 amide bonds. The second kappa shape index (κ2) is 8.40. The Hall–Kier alpha value is -1.99. The van der Waals surface area contributed by atoms with Gasteiger partial charge in [-0.25, -0.2) is 0 Å². The molecule has 3 fully saturated rings. The number of aromatic nitrogens is 2. The van der Waals surface area contributed by atoms with Crippen molar-refractivity contribution in [3.63, 3.8) is 0 Å². The first-order valence-electron chi connectivity index (χ1n) is 11.0. The Balaban J connectivity index is 1.12. The lowest BCUT2D eigenvalue weighted by Crippen LogP contribution is -2.46. The first kappa shape index (κ1) is 19.0. The summed E-state index contributed by atoms with van der Waals surface area (Å²) in [6.07, 6.45) is 7.41. The van der Waals surface area contributed by atoms with Crippen LogP contribution in [0.3, 0.4) is 0 Å². The minimum Gasteiger partial charge on any atom is -0.346 e. The summed E-state index contributed by atoms with van der Waals surface area (Å²) in [6, 6.07) is 11.0. The van der Waals surface area contributed by atoms with Crippen molar-refractivity contribution in [2.24, 2.45) is 5.92 Å². The third-order valence-electron chi connectivity index (χ3n) is 6.64. The molecule has 3 aliphatic rings. The molecule has 2 aliphatic heterocycles. The number of amides is 1. The largest absolute Gasteiger partial charge is 0.346 e. The molecule has 1 N–H and O–H groups in total. The van der Waals surface area contributed by atoms with E-state index in [0.717, 1.165) is 30.7 Å². The van der Waals surface area contributed by atoms with Gasteiger partial charge in [0.15, 0.2) is 0 Å². The van der Waals surface area contributed by atoms with Crippen LogP contribution >= 0.6 is 11.3 Å². The van der Waals surface area contributed by atoms with Crippen LogP contribution < -0.4 is 10.2 Å². The molecule has 2 aromatic rings. The third-order valence-corrected chi connectivity index (χ3v) is 7.54. The minimum absolute atomic E-state index is 0.0602. The van der Waals surface area contributed by atoms with Crippen molar-refractivity contribution < 1.29 is 4.79 Å². The average molecular weight is 412 g/mol. The van der Waals surface area contributed by atoms with Crippen LogP contribution in [0.1, 0.15) is 50.0 Å². The van der Waals surface area contributed by atoms with Crippen LogP contribution in [0.2, 0.25) is 0 Å². The van der Waals surface area contributed by atoms with Gasteiger partial charge in [0, 0.05) is 25.0 Å². The summed E-state index contributed by atoms with van der Waals surface area (Å²) in [6.45, 7) is 4.60. The van der Waals surface area contributed by atoms with Gasteiger partial charge in [-0.05, 0) is 56.7 Å². The van der Waals surface area contributed by atoms with Crippen molar-refractivity contribution in [2.45, 2.75) is 50.5 Å². The first-order chi connectivity index (χ1) is 14.3. The molecule has 5 rings (SSSR count). The summed E-state index contributed by atoms with van der Waals surface area (Å²) < 4.78 is 0. The van der Waals surface area contributed by atoms with Gasteiger partial charge in [-0.3, -0.25) is 4.79 Å². The fourth-order valence-electron chi connectivity index (χ4n) is 4.85. The SMILES string of the molecule is O=C(Nc1nnc(N2CCC(N3CCCCC3)CC2)s1)C1C[C@@H]1c1ccccc1. The van der Waals surface area contributed by atoms with Crippen molar-refractivity contribution in [1.29, 1.82) is 0 Å². The number of nitrogens with one attached hydrogen (secondary N) is 1. The Kier molecular flexibility index (Phi) is 5.50. The van der Waals surface area contributed by atoms with Crippen molar-refractivity contribution in [3.05, 3.63) is 35.9 Å². The molecule has 2 atom stereocenters. The molecule has 6 nitrogen and oxygen atoms in total. The van der Waals surface area contributed by atoms with Crippen LogP contribution in [-0.4, -0.2) is 53.2 Å². The van der Waals surface area contributed by atoms with Crippen LogP contribution in [0.4, 0.5) is 10.3 Å². The summed E-state index contributed by atoms with van der Waals surface area (Å²) >= 11 is 1.50. The summed E-state index contributed by atoms with van der Waals surface area (Å²) in [5.41, 5.74) is 1.25. The maximum atomic E-state index is 12.6. The minimum atomic E-state index is 0.0602. The normalized spacial score (nSPS) is 25.7. The lowest BCUT2D eigenvalue weighted by Gasteiger charge is -2.40. The molecule has 1 unspecified atom stereocenters. The van der Waals surface area contributed by atoms with Gasteiger partial charge in [0.2, 0.25) is 16.2 Å². The van der Waals surface area contributed by atoms with E-state index in [1.165, 1.54) is 62.1 Å². The van der Waals surface area contributed by atoms with E-state index in [9.17, 15) is 4.79 Å². The molecule has 29 heavy (non-hydrogen) atoms. The fraction of sp³-hybridized carbons (Fsp3) is 0.591. The van der Waals surface area contributed by atoms with E-state index < -0.39 is 0 Å². The number of rotatable bonds is 5. The Bertz CT molecular complexity index is 827. The number of hydrogen-bond donors (Lipinski definition) is 1. The number of piperidine rings is 2. The van der Waals surface area contributed by atoms with E-state index in [-0.39, 0.29) is 11.8 Å². The van der Waals surface area contributed by atoms with Gasteiger partial charge in [0.05, 0.1) is 0 Å². The number of carbonyl (C=O) groups is 1. The maximum absolute atomic E-state index is 12.6. The molecule has 1 saturated carbocycles. The Morgan fingerprint density at radius 3 is 2.52 bits per heavy atom. The van der Waals surface area contributed by atoms with Crippen molar-refractivity contribution in [3.8, 4) is 0 Å². The zero-order chi connectivity index (χ0) is 19.6. The second-order valence-electron chi connectivity index (χ2n) is 8.55. The second-order valence-corrected chi connectivity index (χ2v) is 9.51. The standard InChI is InChI=1S/C22H29N5OS/c28-20(19-15-18(19)16-7-3-1-4-8-16)23-21-24-25-22(29-21)27-13-9-17(10-14-27)26-11-5-2-6-12-26/h1,3-4,7-8,17-19H,2,5-6,9-15H2,(H,23,24,28)/t18-,19?/m1/s1. The first-order valence-corrected chi connectivity index (χ1v) is 11.8. The molecule has 2 saturated heterocycles. The third kappa shape index (κ3) is 4.31. The predicted octanol–water partition coefficient (Wildman–Crippen LogP) is 3.74. The topological polar surface area (TPSA) is 61.4 Å². The number of likely N-dealkylation sites (tertiary alicyclic amines) is 1. The molecular weight excluding hydrogens is 382 g/mol. The van der Waals surface area contributed by atoms with Gasteiger partial charge < -0.3 is 15.1 Å². The lowest BCUT2D eigenvalue weighted by atomic mass is 10.0. The van der Waals surface area contributed by atoms with Crippen molar-refractivity contribution in [2.75, 3.05) is 36.4 Å². The molecule has 0 radical (unpaired) electrons. The van der Waals surface area contributed by atoms with Crippen molar-refractivity contribution in [1.82, 2.24) is 15.1 Å². The Labute approximate surface area is 176 Å². The number of benzene rings is 1. The molecular formula is C22H29N5OS. The molecule has 0 spiro atoms. The molecule has 3 heterocycles. The molecule has 1 aromatic heterocycles. The highest BCUT2D eigenvalue weighted by molar-refractivity contribution is 7.19. The molecule has 1 aromatic carbocycles. The smallest absolute Gasteiger partial charge is 0.229 e. The van der Waals surface area contributed by atoms with E-state index in [1.54, 1.807) is 0 Å². The van der Waals surface area contributed by atoms with E-state index in [4.69, 9.17) is 0 Å². The van der Waals surface area contributed by atoms with Crippen LogP contribution in [0.25, 0.3) is 0 Å². The number of nitrogens with zero attached hydrogens (tertiary/aromatic N) is 4. The van der Waals surface area contributed by atoms with E-state index in [0.29, 0.717) is 11.0 Å². The zero-order valence-electron chi connectivity index (χ0n) is 16.8. The van der Waals surface area contributed by atoms with Gasteiger partial charge in [-0.1, -0.05) is 48.1 Å². The van der Waals surface area contributed by atoms with E-state index in [2.05, 4.69) is 37.4 Å². The van der Waals surface area contributed by atoms with Gasteiger partial charge >= 0.3 is 0 Å². The summed E-state index contributed by atoms with van der Waals surface area (Å²) in [5, 5.41) is 13.1. The molecule has 1 aliphatic carbocycles. The summed E-state index contributed by atoms with van der Waals surface area (Å²) in [4.78, 5) is 17.6. The van der Waals surface area contributed by atoms with Gasteiger partial charge in [-0.15, -0.1) is 10.2 Å². The highest BCUT2D eigenvalue weighted by atomic mass is 32.1. The maximum Gasteiger partial charge on any atom is 0.229 e. The summed E-state index contributed by atoms with van der Waals surface area (Å²) in [7, 11) is 0. The van der Waals surface area contributed by atoms with Gasteiger partial charge in [0.1, 0.15) is 0 Å². The van der Waals surface area contributed by atoms with Crippen LogP contribution in [0.5, 0.6) is 0 Å². The average Bonchev–Trinajstić information content (AvgIpc) is 3.47. The molecule has 0 bridgehead atoms. The number of carbonyl (C=O) groups excluding carboxylic acids is 1. The van der Waals surface area contributed by atoms with E-state index >= 15 is 0 Å². The number of anilines is 2. The molecule has 154 valence electrons. The monoisotopic (exact) mass is 411 g/mol. The molecule has 7 heteroatoms. The van der Waals surface area contributed by atoms with E-state index in [1.807, 2.05) is 18.2 Å². The van der Waals surface area contributed by atoms with Gasteiger partial charge in [-0.2, -0.15) is 0 Å². The highest BCUT2D eigenvalue weighted by Gasteiger charge is 2.44. The quantitative estimate of drug-likeness (QED) is 0.812. The zero-order valence-corrected chi connectivity index (χ0v) is 17.6.